The Balaban J connectivity index is 1.29. The summed E-state index contributed by atoms with van der Waals surface area (Å²) in [5.74, 6) is 0.194. The van der Waals surface area contributed by atoms with Crippen molar-refractivity contribution in [1.29, 1.82) is 0 Å². The molecule has 5 rings (SSSR count). The van der Waals surface area contributed by atoms with E-state index in [2.05, 4.69) is 25.0 Å². The molecule has 0 unspecified atom stereocenters. The number of piperazine rings is 1. The van der Waals surface area contributed by atoms with Gasteiger partial charge in [-0.3, -0.25) is 4.79 Å². The van der Waals surface area contributed by atoms with E-state index in [0.717, 1.165) is 15.5 Å². The minimum atomic E-state index is -0.324. The second-order valence-electron chi connectivity index (χ2n) is 6.97. The zero-order valence-electron chi connectivity index (χ0n) is 16.2. The number of pyridine rings is 1. The number of fused-ring (bicyclic) bond motifs is 1. The van der Waals surface area contributed by atoms with Crippen molar-refractivity contribution >= 4 is 32.7 Å². The Hall–Kier alpha value is -3.40. The number of aryl methyl sites for hydroxylation is 1. The third-order valence-electron chi connectivity index (χ3n) is 5.02. The number of hydrogen-bond donors (Lipinski definition) is 0. The highest BCUT2D eigenvalue weighted by Gasteiger charge is 2.27. The zero-order chi connectivity index (χ0) is 20.7. The van der Waals surface area contributed by atoms with Crippen molar-refractivity contribution in [1.82, 2.24) is 29.6 Å². The van der Waals surface area contributed by atoms with Crippen LogP contribution in [0.5, 0.6) is 0 Å². The van der Waals surface area contributed by atoms with Crippen LogP contribution in [0.3, 0.4) is 0 Å². The van der Waals surface area contributed by atoms with Crippen LogP contribution >= 0.6 is 11.3 Å². The molecule has 1 aromatic carbocycles. The number of thiazole rings is 1. The molecule has 0 N–H and O–H groups in total. The number of rotatable bonds is 3. The molecule has 0 bridgehead atoms. The van der Waals surface area contributed by atoms with Crippen LogP contribution in [0.1, 0.15) is 16.4 Å². The van der Waals surface area contributed by atoms with E-state index in [4.69, 9.17) is 0 Å². The average molecular weight is 423 g/mol. The lowest BCUT2D eigenvalue weighted by atomic mass is 10.3. The monoisotopic (exact) mass is 423 g/mol. The molecule has 1 aliphatic heterocycles. The highest BCUT2D eigenvalue weighted by Crippen LogP contribution is 2.27. The molecule has 152 valence electrons. The summed E-state index contributed by atoms with van der Waals surface area (Å²) in [5.41, 5.74) is 1.55. The van der Waals surface area contributed by atoms with E-state index in [-0.39, 0.29) is 17.5 Å². The first kappa shape index (κ1) is 18.6. The van der Waals surface area contributed by atoms with Crippen molar-refractivity contribution in [2.45, 2.75) is 6.92 Å². The molecule has 0 saturated carbocycles. The molecule has 1 saturated heterocycles. The van der Waals surface area contributed by atoms with E-state index >= 15 is 0 Å². The third kappa shape index (κ3) is 3.39. The molecule has 0 atom stereocenters. The van der Waals surface area contributed by atoms with E-state index in [1.807, 2.05) is 12.1 Å². The molecule has 0 spiro atoms. The fourth-order valence-corrected chi connectivity index (χ4v) is 4.40. The molecule has 1 amide bonds. The maximum absolute atomic E-state index is 13.2. The summed E-state index contributed by atoms with van der Waals surface area (Å²) in [6, 6.07) is 9.76. The second kappa shape index (κ2) is 7.45. The van der Waals surface area contributed by atoms with E-state index in [0.29, 0.717) is 37.7 Å². The van der Waals surface area contributed by atoms with Crippen molar-refractivity contribution < 1.29 is 9.18 Å². The Morgan fingerprint density at radius 3 is 2.57 bits per heavy atom. The average Bonchev–Trinajstić information content (AvgIpc) is 3.38. The number of carbonyl (C=O) groups excluding carboxylic acids is 1. The number of hydrogen-bond acceptors (Lipinski definition) is 7. The van der Waals surface area contributed by atoms with Crippen molar-refractivity contribution in [2.75, 3.05) is 31.1 Å². The van der Waals surface area contributed by atoms with Gasteiger partial charge in [0.25, 0.3) is 5.91 Å². The van der Waals surface area contributed by atoms with Gasteiger partial charge >= 0.3 is 0 Å². The molecule has 0 radical (unpaired) electrons. The summed E-state index contributed by atoms with van der Waals surface area (Å²) >= 11 is 1.56. The molecule has 1 fully saturated rings. The molecular weight excluding hydrogens is 405 g/mol. The number of benzene rings is 1. The van der Waals surface area contributed by atoms with Crippen LogP contribution in [0, 0.1) is 12.7 Å². The van der Waals surface area contributed by atoms with Gasteiger partial charge in [-0.25, -0.2) is 24.0 Å². The predicted octanol–water partition coefficient (Wildman–Crippen LogP) is 2.68. The first-order valence-electron chi connectivity index (χ1n) is 9.54. The van der Waals surface area contributed by atoms with Gasteiger partial charge in [0.15, 0.2) is 5.13 Å². The summed E-state index contributed by atoms with van der Waals surface area (Å²) in [6.07, 6.45) is 1.76. The summed E-state index contributed by atoms with van der Waals surface area (Å²) < 4.78 is 14.7. The molecule has 1 aliphatic rings. The Kier molecular flexibility index (Phi) is 4.62. The Morgan fingerprint density at radius 1 is 1.07 bits per heavy atom. The van der Waals surface area contributed by atoms with Gasteiger partial charge in [-0.1, -0.05) is 11.3 Å². The lowest BCUT2D eigenvalue weighted by molar-refractivity contribution is 0.0734. The first-order chi connectivity index (χ1) is 14.6. The van der Waals surface area contributed by atoms with Crippen LogP contribution in [0.15, 0.2) is 42.6 Å². The Labute approximate surface area is 175 Å². The van der Waals surface area contributed by atoms with Crippen molar-refractivity contribution in [3.63, 3.8) is 0 Å². The van der Waals surface area contributed by atoms with Crippen molar-refractivity contribution in [3.8, 4) is 5.69 Å². The van der Waals surface area contributed by atoms with Crippen LogP contribution in [-0.4, -0.2) is 61.7 Å². The largest absolute Gasteiger partial charge is 0.344 e. The highest BCUT2D eigenvalue weighted by atomic mass is 32.1. The smallest absolute Gasteiger partial charge is 0.293 e. The molecule has 10 heteroatoms. The Bertz CT molecular complexity index is 1180. The van der Waals surface area contributed by atoms with Crippen LogP contribution in [0.25, 0.3) is 16.0 Å². The van der Waals surface area contributed by atoms with Gasteiger partial charge in [0.2, 0.25) is 5.82 Å². The minimum Gasteiger partial charge on any atom is -0.344 e. The predicted molar refractivity (Wildman–Crippen MR) is 112 cm³/mol. The van der Waals surface area contributed by atoms with Gasteiger partial charge < -0.3 is 9.80 Å². The molecule has 30 heavy (non-hydrogen) atoms. The number of amides is 1. The lowest BCUT2D eigenvalue weighted by Crippen LogP contribution is -2.49. The normalized spacial score (nSPS) is 14.5. The molecule has 0 aliphatic carbocycles. The highest BCUT2D eigenvalue weighted by molar-refractivity contribution is 7.21. The lowest BCUT2D eigenvalue weighted by Gasteiger charge is -2.33. The third-order valence-corrected chi connectivity index (χ3v) is 6.06. The minimum absolute atomic E-state index is 0.148. The quantitative estimate of drug-likeness (QED) is 0.504. The standard InChI is InChI=1S/C20H18FN7OS/c1-13-23-17(25-28(13)15-6-4-14(21)5-7-15)19(29)26-9-11-27(12-10-26)20-24-16-3-2-8-22-18(16)30-20/h2-8H,9-12H2,1H3. The number of carbonyl (C=O) groups is 1. The summed E-state index contributed by atoms with van der Waals surface area (Å²) in [5, 5.41) is 5.27. The van der Waals surface area contributed by atoms with Crippen LogP contribution < -0.4 is 4.90 Å². The molecule has 8 nitrogen and oxygen atoms in total. The summed E-state index contributed by atoms with van der Waals surface area (Å²) in [6.45, 7) is 4.26. The molecular formula is C20H18FN7OS. The van der Waals surface area contributed by atoms with Crippen molar-refractivity contribution in [2.24, 2.45) is 0 Å². The van der Waals surface area contributed by atoms with Gasteiger partial charge in [0, 0.05) is 32.4 Å². The summed E-state index contributed by atoms with van der Waals surface area (Å²) in [4.78, 5) is 31.1. The van der Waals surface area contributed by atoms with Crippen LogP contribution in [0.2, 0.25) is 0 Å². The number of nitrogens with zero attached hydrogens (tertiary/aromatic N) is 7. The van der Waals surface area contributed by atoms with E-state index in [1.165, 1.54) is 12.1 Å². The topological polar surface area (TPSA) is 80.0 Å². The second-order valence-corrected chi connectivity index (χ2v) is 7.93. The zero-order valence-corrected chi connectivity index (χ0v) is 17.0. The van der Waals surface area contributed by atoms with E-state index < -0.39 is 0 Å². The fourth-order valence-electron chi connectivity index (χ4n) is 3.44. The van der Waals surface area contributed by atoms with Crippen molar-refractivity contribution in [3.05, 3.63) is 60.1 Å². The summed E-state index contributed by atoms with van der Waals surface area (Å²) in [7, 11) is 0. The molecule has 3 aromatic heterocycles. The van der Waals surface area contributed by atoms with Crippen LogP contribution in [0.4, 0.5) is 9.52 Å². The van der Waals surface area contributed by atoms with E-state index in [9.17, 15) is 9.18 Å². The van der Waals surface area contributed by atoms with E-state index in [1.54, 1.807) is 46.2 Å². The maximum Gasteiger partial charge on any atom is 0.293 e. The molecule has 4 heterocycles. The van der Waals surface area contributed by atoms with Crippen LogP contribution in [-0.2, 0) is 0 Å². The fraction of sp³-hybridized carbons (Fsp3) is 0.250. The first-order valence-corrected chi connectivity index (χ1v) is 10.4. The van der Waals surface area contributed by atoms with Gasteiger partial charge in [-0.05, 0) is 43.3 Å². The number of aromatic nitrogens is 5. The molecule has 4 aromatic rings. The SMILES string of the molecule is Cc1nc(C(=O)N2CCN(c3nc4cccnc4s3)CC2)nn1-c1ccc(F)cc1. The maximum atomic E-state index is 13.2. The van der Waals surface area contributed by atoms with Gasteiger partial charge in [0.1, 0.15) is 22.0 Å². The van der Waals surface area contributed by atoms with Gasteiger partial charge in [-0.15, -0.1) is 5.10 Å². The van der Waals surface area contributed by atoms with Gasteiger partial charge in [-0.2, -0.15) is 0 Å². The number of halogens is 1. The van der Waals surface area contributed by atoms with Gasteiger partial charge in [0.05, 0.1) is 5.69 Å². The number of anilines is 1. The Morgan fingerprint density at radius 2 is 1.83 bits per heavy atom.